The van der Waals surface area contributed by atoms with E-state index in [0.717, 1.165) is 34.9 Å². The van der Waals surface area contributed by atoms with E-state index in [9.17, 15) is 0 Å². The maximum absolute atomic E-state index is 6.40. The van der Waals surface area contributed by atoms with E-state index in [1.807, 2.05) is 36.4 Å². The average Bonchev–Trinajstić information content (AvgIpc) is 2.53. The highest BCUT2D eigenvalue weighted by Gasteiger charge is 2.15. The van der Waals surface area contributed by atoms with Crippen LogP contribution in [0.2, 0.25) is 20.1 Å². The normalized spacial score (nSPS) is 12.4. The maximum Gasteiger partial charge on any atom is 0.0595 e. The van der Waals surface area contributed by atoms with E-state index in [2.05, 4.69) is 6.92 Å². The molecule has 0 aromatic heterocycles. The van der Waals surface area contributed by atoms with Crippen LogP contribution in [0.5, 0.6) is 0 Å². The Balaban J connectivity index is 2.14. The van der Waals surface area contributed by atoms with E-state index < -0.39 is 0 Å². The van der Waals surface area contributed by atoms with E-state index >= 15 is 0 Å². The molecule has 0 nitrogen and oxygen atoms in total. The summed E-state index contributed by atoms with van der Waals surface area (Å²) in [6, 6.07) is 11.6. The molecule has 23 heavy (non-hydrogen) atoms. The fourth-order valence-electron chi connectivity index (χ4n) is 2.77. The largest absolute Gasteiger partial charge is 0.0843 e. The molecule has 2 aromatic rings. The summed E-state index contributed by atoms with van der Waals surface area (Å²) in [5, 5.41) is 2.73. The van der Waals surface area contributed by atoms with Crippen LogP contribution in [0.1, 0.15) is 49.7 Å². The van der Waals surface area contributed by atoms with Gasteiger partial charge >= 0.3 is 0 Å². The van der Waals surface area contributed by atoms with Crippen molar-refractivity contribution in [2.75, 3.05) is 0 Å². The summed E-state index contributed by atoms with van der Waals surface area (Å²) < 4.78 is 0. The van der Waals surface area contributed by atoms with Crippen molar-refractivity contribution in [3.05, 3.63) is 67.6 Å². The second kappa shape index (κ2) is 9.18. The molecule has 124 valence electrons. The number of halogens is 4. The van der Waals surface area contributed by atoms with Crippen molar-refractivity contribution in [2.24, 2.45) is 0 Å². The summed E-state index contributed by atoms with van der Waals surface area (Å²) in [6.07, 6.45) is 5.40. The average molecular weight is 390 g/mol. The van der Waals surface area contributed by atoms with Crippen molar-refractivity contribution in [1.82, 2.24) is 0 Å². The molecular weight excluding hydrogens is 370 g/mol. The monoisotopic (exact) mass is 388 g/mol. The van der Waals surface area contributed by atoms with Crippen molar-refractivity contribution in [3.63, 3.8) is 0 Å². The van der Waals surface area contributed by atoms with Crippen LogP contribution in [0.15, 0.2) is 36.4 Å². The van der Waals surface area contributed by atoms with E-state index in [1.165, 1.54) is 18.4 Å². The minimum atomic E-state index is 0.399. The highest BCUT2D eigenvalue weighted by Crippen LogP contribution is 2.34. The highest BCUT2D eigenvalue weighted by atomic mass is 35.5. The standard InChI is InChI=1S/C19H20Cl4/c1-2-3-4-14(16-12-15(20)8-10-17(16)21)7-5-13-6-9-18(22)19(23)11-13/h6,8-12,14H,2-5,7H2,1H3. The lowest BCUT2D eigenvalue weighted by Gasteiger charge is -2.19. The van der Waals surface area contributed by atoms with Crippen LogP contribution in [-0.2, 0) is 6.42 Å². The zero-order valence-electron chi connectivity index (χ0n) is 13.1. The Morgan fingerprint density at radius 2 is 1.57 bits per heavy atom. The zero-order valence-corrected chi connectivity index (χ0v) is 16.1. The van der Waals surface area contributed by atoms with Gasteiger partial charge in [0.25, 0.3) is 0 Å². The van der Waals surface area contributed by atoms with Crippen LogP contribution in [-0.4, -0.2) is 0 Å². The lowest BCUT2D eigenvalue weighted by Crippen LogP contribution is -2.02. The Morgan fingerprint density at radius 1 is 0.826 bits per heavy atom. The molecule has 0 saturated heterocycles. The Morgan fingerprint density at radius 3 is 2.26 bits per heavy atom. The fraction of sp³-hybridized carbons (Fsp3) is 0.368. The van der Waals surface area contributed by atoms with E-state index in [-0.39, 0.29) is 0 Å². The van der Waals surface area contributed by atoms with Crippen LogP contribution in [0.3, 0.4) is 0 Å². The van der Waals surface area contributed by atoms with Crippen LogP contribution >= 0.6 is 46.4 Å². The first kappa shape index (κ1) is 18.9. The van der Waals surface area contributed by atoms with Gasteiger partial charge in [0.05, 0.1) is 10.0 Å². The Hall–Kier alpha value is -0.400. The molecule has 4 heteroatoms. The van der Waals surface area contributed by atoms with Crippen molar-refractivity contribution < 1.29 is 0 Å². The van der Waals surface area contributed by atoms with Gasteiger partial charge in [0.15, 0.2) is 0 Å². The number of unbranched alkanes of at least 4 members (excludes halogenated alkanes) is 1. The lowest BCUT2D eigenvalue weighted by atomic mass is 9.88. The van der Waals surface area contributed by atoms with Gasteiger partial charge in [-0.2, -0.15) is 0 Å². The van der Waals surface area contributed by atoms with Crippen molar-refractivity contribution in [2.45, 2.75) is 44.9 Å². The number of rotatable bonds is 7. The predicted molar refractivity (Wildman–Crippen MR) is 104 cm³/mol. The minimum Gasteiger partial charge on any atom is -0.0843 e. The van der Waals surface area contributed by atoms with Gasteiger partial charge < -0.3 is 0 Å². The molecule has 0 aliphatic carbocycles. The summed E-state index contributed by atoms with van der Waals surface area (Å²) in [5.74, 6) is 0.399. The summed E-state index contributed by atoms with van der Waals surface area (Å²) in [5.41, 5.74) is 2.34. The first-order chi connectivity index (χ1) is 11.0. The molecule has 2 rings (SSSR count). The molecule has 0 fully saturated rings. The van der Waals surface area contributed by atoms with E-state index in [1.54, 1.807) is 0 Å². The van der Waals surface area contributed by atoms with Gasteiger partial charge in [-0.1, -0.05) is 72.2 Å². The SMILES string of the molecule is CCCCC(CCc1ccc(Cl)c(Cl)c1)c1cc(Cl)ccc1Cl. The Bertz CT molecular complexity index is 652. The Kier molecular flexibility index (Phi) is 7.56. The van der Waals surface area contributed by atoms with Gasteiger partial charge in [0.1, 0.15) is 0 Å². The second-order valence-corrected chi connectivity index (χ2v) is 7.45. The molecule has 0 saturated carbocycles. The van der Waals surface area contributed by atoms with Gasteiger partial charge in [0.2, 0.25) is 0 Å². The molecule has 0 N–H and O–H groups in total. The molecule has 0 bridgehead atoms. The van der Waals surface area contributed by atoms with Crippen molar-refractivity contribution in [3.8, 4) is 0 Å². The fourth-order valence-corrected chi connectivity index (χ4v) is 3.54. The maximum atomic E-state index is 6.40. The number of aryl methyl sites for hydroxylation is 1. The summed E-state index contributed by atoms with van der Waals surface area (Å²) in [7, 11) is 0. The van der Waals surface area contributed by atoms with Gasteiger partial charge in [0, 0.05) is 10.0 Å². The first-order valence-corrected chi connectivity index (χ1v) is 9.41. The molecule has 0 aliphatic rings. The highest BCUT2D eigenvalue weighted by molar-refractivity contribution is 6.42. The molecule has 2 aromatic carbocycles. The second-order valence-electron chi connectivity index (χ2n) is 5.79. The predicted octanol–water partition coefficient (Wildman–Crippen LogP) is 8.21. The minimum absolute atomic E-state index is 0.399. The van der Waals surface area contributed by atoms with E-state index in [0.29, 0.717) is 16.0 Å². The third kappa shape index (κ3) is 5.57. The first-order valence-electron chi connectivity index (χ1n) is 7.90. The molecule has 0 radical (unpaired) electrons. The smallest absolute Gasteiger partial charge is 0.0595 e. The number of benzene rings is 2. The van der Waals surface area contributed by atoms with Crippen LogP contribution in [0, 0.1) is 0 Å². The van der Waals surface area contributed by atoms with E-state index in [4.69, 9.17) is 46.4 Å². The molecule has 0 aliphatic heterocycles. The third-order valence-electron chi connectivity index (χ3n) is 4.07. The van der Waals surface area contributed by atoms with Gasteiger partial charge in [-0.15, -0.1) is 0 Å². The Labute approximate surface area is 158 Å². The summed E-state index contributed by atoms with van der Waals surface area (Å²) in [6.45, 7) is 2.20. The van der Waals surface area contributed by atoms with Crippen LogP contribution < -0.4 is 0 Å². The van der Waals surface area contributed by atoms with Crippen molar-refractivity contribution >= 4 is 46.4 Å². The van der Waals surface area contributed by atoms with Gasteiger partial charge in [-0.05, 0) is 66.6 Å². The molecule has 0 spiro atoms. The molecule has 1 atom stereocenters. The molecule has 0 amide bonds. The zero-order chi connectivity index (χ0) is 16.8. The number of hydrogen-bond acceptors (Lipinski definition) is 0. The summed E-state index contributed by atoms with van der Waals surface area (Å²) >= 11 is 24.6. The molecule has 1 unspecified atom stereocenters. The number of hydrogen-bond donors (Lipinski definition) is 0. The van der Waals surface area contributed by atoms with Crippen LogP contribution in [0.4, 0.5) is 0 Å². The van der Waals surface area contributed by atoms with Gasteiger partial charge in [-0.3, -0.25) is 0 Å². The van der Waals surface area contributed by atoms with Crippen molar-refractivity contribution in [1.29, 1.82) is 0 Å². The van der Waals surface area contributed by atoms with Crippen LogP contribution in [0.25, 0.3) is 0 Å². The molecular formula is C19H20Cl4. The molecule has 0 heterocycles. The summed E-state index contributed by atoms with van der Waals surface area (Å²) in [4.78, 5) is 0. The third-order valence-corrected chi connectivity index (χ3v) is 5.39. The topological polar surface area (TPSA) is 0 Å². The lowest BCUT2D eigenvalue weighted by molar-refractivity contribution is 0.548. The van der Waals surface area contributed by atoms with Gasteiger partial charge in [-0.25, -0.2) is 0 Å². The quantitative estimate of drug-likeness (QED) is 0.447.